The summed E-state index contributed by atoms with van der Waals surface area (Å²) in [6.45, 7) is 4.04. The lowest BCUT2D eigenvalue weighted by atomic mass is 9.76. The molecule has 2 aromatic carbocycles. The lowest BCUT2D eigenvalue weighted by Crippen LogP contribution is -2.25. The second-order valence-corrected chi connectivity index (χ2v) is 10.5. The van der Waals surface area contributed by atoms with Crippen molar-refractivity contribution in [1.82, 2.24) is 0 Å². The molecule has 0 aromatic heterocycles. The van der Waals surface area contributed by atoms with Gasteiger partial charge in [-0.25, -0.2) is 22.4 Å². The molecule has 2 fully saturated rings. The molecule has 2 aromatic rings. The van der Waals surface area contributed by atoms with Gasteiger partial charge in [0.15, 0.2) is 23.3 Å². The summed E-state index contributed by atoms with van der Waals surface area (Å²) in [6.07, 6.45) is 7.62. The number of aryl methyl sites for hydroxylation is 1. The maximum absolute atomic E-state index is 15.1. The van der Waals surface area contributed by atoms with Crippen LogP contribution in [0.3, 0.4) is 0 Å². The molecule has 0 heterocycles. The maximum Gasteiger partial charge on any atom is 0.341 e. The Morgan fingerprint density at radius 1 is 0.750 bits per heavy atom. The number of halogens is 4. The number of carbonyl (C=O) groups is 1. The molecule has 2 aliphatic rings. The lowest BCUT2D eigenvalue weighted by Gasteiger charge is -2.30. The maximum atomic E-state index is 15.1. The number of hydrogen-bond donors (Lipinski definition) is 0. The van der Waals surface area contributed by atoms with E-state index in [-0.39, 0.29) is 17.4 Å². The molecule has 196 valence electrons. The first-order valence-corrected chi connectivity index (χ1v) is 13.5. The van der Waals surface area contributed by atoms with Crippen LogP contribution in [-0.2, 0) is 11.2 Å². The molecule has 2 aliphatic carbocycles. The van der Waals surface area contributed by atoms with Gasteiger partial charge in [-0.15, -0.1) is 0 Å². The van der Waals surface area contributed by atoms with Crippen molar-refractivity contribution >= 4 is 5.97 Å². The summed E-state index contributed by atoms with van der Waals surface area (Å²) >= 11 is 0. The Balaban J connectivity index is 1.36. The third-order valence-electron chi connectivity index (χ3n) is 8.30. The van der Waals surface area contributed by atoms with Crippen molar-refractivity contribution in [3.05, 3.63) is 69.8 Å². The highest BCUT2D eigenvalue weighted by molar-refractivity contribution is 5.90. The number of esters is 1. The standard InChI is InChI=1S/C30H36F4O2/c1-3-5-21-12-15-25(29(34)26(21)31)30(35)36-22-13-10-20(11-14-22)24-17-16-23(27(32)28(24)33)19-8-6-18(4-2)7-9-19/h12,15-20,22H,3-11,13-14H2,1-2H3. The molecule has 2 saturated carbocycles. The Bertz CT molecular complexity index is 1070. The van der Waals surface area contributed by atoms with Gasteiger partial charge < -0.3 is 4.74 Å². The van der Waals surface area contributed by atoms with E-state index >= 15 is 8.78 Å². The minimum Gasteiger partial charge on any atom is -0.459 e. The van der Waals surface area contributed by atoms with E-state index in [4.69, 9.17) is 4.74 Å². The van der Waals surface area contributed by atoms with E-state index in [1.54, 1.807) is 12.1 Å². The molecule has 0 saturated heterocycles. The summed E-state index contributed by atoms with van der Waals surface area (Å²) in [6, 6.07) is 6.18. The van der Waals surface area contributed by atoms with Crippen LogP contribution >= 0.6 is 0 Å². The van der Waals surface area contributed by atoms with Gasteiger partial charge in [0.05, 0.1) is 5.56 Å². The van der Waals surface area contributed by atoms with Crippen molar-refractivity contribution < 1.29 is 27.1 Å². The fourth-order valence-corrected chi connectivity index (χ4v) is 6.01. The molecular weight excluding hydrogens is 468 g/mol. The first kappa shape index (κ1) is 26.7. The van der Waals surface area contributed by atoms with Crippen molar-refractivity contribution in [2.45, 2.75) is 102 Å². The van der Waals surface area contributed by atoms with Crippen molar-refractivity contribution in [1.29, 1.82) is 0 Å². The lowest BCUT2D eigenvalue weighted by molar-refractivity contribution is 0.0188. The van der Waals surface area contributed by atoms with Gasteiger partial charge in [-0.2, -0.15) is 0 Å². The van der Waals surface area contributed by atoms with E-state index in [1.807, 2.05) is 6.92 Å². The van der Waals surface area contributed by atoms with Gasteiger partial charge in [0.2, 0.25) is 0 Å². The summed E-state index contributed by atoms with van der Waals surface area (Å²) in [5.74, 6) is -3.95. The van der Waals surface area contributed by atoms with Crippen molar-refractivity contribution in [3.63, 3.8) is 0 Å². The van der Waals surface area contributed by atoms with Gasteiger partial charge in [0, 0.05) is 0 Å². The zero-order chi connectivity index (χ0) is 25.8. The summed E-state index contributed by atoms with van der Waals surface area (Å²) in [4.78, 5) is 12.5. The fourth-order valence-electron chi connectivity index (χ4n) is 6.01. The van der Waals surface area contributed by atoms with Gasteiger partial charge in [0.25, 0.3) is 0 Å². The predicted octanol–water partition coefficient (Wildman–Crippen LogP) is 8.76. The molecule has 0 bridgehead atoms. The highest BCUT2D eigenvalue weighted by Crippen LogP contribution is 2.41. The highest BCUT2D eigenvalue weighted by atomic mass is 19.2. The molecule has 0 unspecified atom stereocenters. The van der Waals surface area contributed by atoms with Gasteiger partial charge in [0.1, 0.15) is 6.10 Å². The molecule has 2 nitrogen and oxygen atoms in total. The molecule has 36 heavy (non-hydrogen) atoms. The highest BCUT2D eigenvalue weighted by Gasteiger charge is 2.31. The average molecular weight is 505 g/mol. The van der Waals surface area contributed by atoms with Crippen molar-refractivity contribution in [3.8, 4) is 0 Å². The number of benzene rings is 2. The predicted molar refractivity (Wildman–Crippen MR) is 132 cm³/mol. The number of carbonyl (C=O) groups excluding carboxylic acids is 1. The Morgan fingerprint density at radius 3 is 1.83 bits per heavy atom. The van der Waals surface area contributed by atoms with E-state index in [0.29, 0.717) is 55.6 Å². The molecule has 0 radical (unpaired) electrons. The van der Waals surface area contributed by atoms with Crippen LogP contribution in [0.1, 0.15) is 117 Å². The largest absolute Gasteiger partial charge is 0.459 e. The molecular formula is C30H36F4O2. The van der Waals surface area contributed by atoms with Gasteiger partial charge in [-0.3, -0.25) is 0 Å². The number of hydrogen-bond acceptors (Lipinski definition) is 2. The molecule has 4 rings (SSSR count). The van der Waals surface area contributed by atoms with Crippen LogP contribution in [-0.4, -0.2) is 12.1 Å². The number of rotatable bonds is 7. The molecule has 0 aliphatic heterocycles. The van der Waals surface area contributed by atoms with Crippen LogP contribution in [0.4, 0.5) is 17.6 Å². The van der Waals surface area contributed by atoms with Gasteiger partial charge in [-0.1, -0.05) is 44.9 Å². The topological polar surface area (TPSA) is 26.3 Å². The van der Waals surface area contributed by atoms with Crippen LogP contribution in [0.15, 0.2) is 24.3 Å². The minimum absolute atomic E-state index is 0.0766. The van der Waals surface area contributed by atoms with E-state index < -0.39 is 40.9 Å². The zero-order valence-electron chi connectivity index (χ0n) is 21.2. The number of ether oxygens (including phenoxy) is 1. The summed E-state index contributed by atoms with van der Waals surface area (Å²) in [5.41, 5.74) is 0.697. The molecule has 0 N–H and O–H groups in total. The van der Waals surface area contributed by atoms with Crippen LogP contribution in [0.25, 0.3) is 0 Å². The fraction of sp³-hybridized carbons (Fsp3) is 0.567. The Kier molecular flexibility index (Phi) is 8.74. The summed E-state index contributed by atoms with van der Waals surface area (Å²) < 4.78 is 64.2. The van der Waals surface area contributed by atoms with E-state index in [2.05, 4.69) is 6.92 Å². The normalized spacial score (nSPS) is 24.5. The summed E-state index contributed by atoms with van der Waals surface area (Å²) in [7, 11) is 0. The van der Waals surface area contributed by atoms with Crippen molar-refractivity contribution in [2.24, 2.45) is 5.92 Å². The van der Waals surface area contributed by atoms with E-state index in [0.717, 1.165) is 32.1 Å². The van der Waals surface area contributed by atoms with Crippen LogP contribution in [0, 0.1) is 29.2 Å². The first-order valence-electron chi connectivity index (χ1n) is 13.5. The zero-order valence-corrected chi connectivity index (χ0v) is 21.2. The van der Waals surface area contributed by atoms with Crippen LogP contribution in [0.5, 0.6) is 0 Å². The van der Waals surface area contributed by atoms with Crippen molar-refractivity contribution in [2.75, 3.05) is 0 Å². The monoisotopic (exact) mass is 504 g/mol. The average Bonchev–Trinajstić information content (AvgIpc) is 2.89. The Hall–Kier alpha value is -2.37. The Morgan fingerprint density at radius 2 is 1.31 bits per heavy atom. The smallest absolute Gasteiger partial charge is 0.341 e. The van der Waals surface area contributed by atoms with E-state index in [9.17, 15) is 13.6 Å². The molecule has 0 amide bonds. The first-order chi connectivity index (χ1) is 17.3. The second-order valence-electron chi connectivity index (χ2n) is 10.5. The van der Waals surface area contributed by atoms with Crippen LogP contribution in [0.2, 0.25) is 0 Å². The quantitative estimate of drug-likeness (QED) is 0.278. The van der Waals surface area contributed by atoms with Gasteiger partial charge in [-0.05, 0) is 98.3 Å². The Labute approximate surface area is 211 Å². The van der Waals surface area contributed by atoms with Crippen LogP contribution < -0.4 is 0 Å². The SMILES string of the molecule is CCCc1ccc(C(=O)OC2CCC(c3ccc(C4CCC(CC)CC4)c(F)c3F)CC2)c(F)c1F. The van der Waals surface area contributed by atoms with E-state index in [1.165, 1.54) is 12.1 Å². The molecule has 0 atom stereocenters. The minimum atomic E-state index is -1.18. The third kappa shape index (κ3) is 5.63. The van der Waals surface area contributed by atoms with Gasteiger partial charge >= 0.3 is 5.97 Å². The molecule has 6 heteroatoms. The molecule has 0 spiro atoms. The third-order valence-corrected chi connectivity index (χ3v) is 8.30. The second kappa shape index (κ2) is 11.8. The summed E-state index contributed by atoms with van der Waals surface area (Å²) in [5, 5.41) is 0.